The quantitative estimate of drug-likeness (QED) is 0.625. The summed E-state index contributed by atoms with van der Waals surface area (Å²) < 4.78 is 1.58. The maximum Gasteiger partial charge on any atom is 0.338 e. The van der Waals surface area contributed by atoms with Crippen LogP contribution in [-0.4, -0.2) is 52.7 Å². The third-order valence-corrected chi connectivity index (χ3v) is 3.87. The number of likely N-dealkylation sites (N-methyl/N-ethyl adjacent to an activating group) is 1. The average molecular weight is 275 g/mol. The van der Waals surface area contributed by atoms with Gasteiger partial charge in [0, 0.05) is 25.3 Å². The highest BCUT2D eigenvalue weighted by molar-refractivity contribution is 5.77. The SMILES string of the molecule is CN(C)C1CCN(c2nn3ccccc3c2[N+](=O)[O-])C1. The smallest absolute Gasteiger partial charge is 0.338 e. The first-order valence-electron chi connectivity index (χ1n) is 6.61. The van der Waals surface area contributed by atoms with Crippen molar-refractivity contribution in [3.8, 4) is 0 Å². The molecule has 2 aromatic rings. The molecule has 3 rings (SSSR count). The van der Waals surface area contributed by atoms with Crippen molar-refractivity contribution < 1.29 is 4.92 Å². The van der Waals surface area contributed by atoms with Crippen molar-refractivity contribution in [3.63, 3.8) is 0 Å². The normalized spacial score (nSPS) is 19.1. The van der Waals surface area contributed by atoms with Crippen LogP contribution in [0.25, 0.3) is 5.52 Å². The summed E-state index contributed by atoms with van der Waals surface area (Å²) in [6.45, 7) is 1.57. The summed E-state index contributed by atoms with van der Waals surface area (Å²) in [5.74, 6) is 0.477. The molecule has 7 heteroatoms. The molecule has 0 bridgehead atoms. The Bertz CT molecular complexity index is 651. The van der Waals surface area contributed by atoms with Crippen LogP contribution in [0.5, 0.6) is 0 Å². The van der Waals surface area contributed by atoms with Crippen LogP contribution in [0.4, 0.5) is 11.5 Å². The summed E-state index contributed by atoms with van der Waals surface area (Å²) in [5.41, 5.74) is 0.644. The van der Waals surface area contributed by atoms with Gasteiger partial charge < -0.3 is 9.80 Å². The summed E-state index contributed by atoms with van der Waals surface area (Å²) in [6, 6.07) is 5.76. The lowest BCUT2D eigenvalue weighted by Crippen LogP contribution is -2.31. The number of hydrogen-bond donors (Lipinski definition) is 0. The van der Waals surface area contributed by atoms with Crippen LogP contribution in [0.3, 0.4) is 0 Å². The van der Waals surface area contributed by atoms with Crippen LogP contribution in [-0.2, 0) is 0 Å². The Kier molecular flexibility index (Phi) is 3.06. The first-order valence-corrected chi connectivity index (χ1v) is 6.61. The maximum atomic E-state index is 11.4. The highest BCUT2D eigenvalue weighted by Gasteiger charge is 2.32. The summed E-state index contributed by atoms with van der Waals surface area (Å²) in [5, 5.41) is 15.8. The molecule has 3 heterocycles. The molecule has 0 radical (unpaired) electrons. The molecule has 20 heavy (non-hydrogen) atoms. The fraction of sp³-hybridized carbons (Fsp3) is 0.462. The predicted molar refractivity (Wildman–Crippen MR) is 76.2 cm³/mol. The van der Waals surface area contributed by atoms with E-state index in [1.165, 1.54) is 0 Å². The molecular weight excluding hydrogens is 258 g/mol. The van der Waals surface area contributed by atoms with Crippen molar-refractivity contribution >= 4 is 17.0 Å². The second kappa shape index (κ2) is 4.75. The molecule has 1 fully saturated rings. The number of rotatable bonds is 3. The van der Waals surface area contributed by atoms with Crippen LogP contribution in [0, 0.1) is 10.1 Å². The first-order chi connectivity index (χ1) is 9.58. The molecule has 1 atom stereocenters. The van der Waals surface area contributed by atoms with Crippen LogP contribution in [0.15, 0.2) is 24.4 Å². The van der Waals surface area contributed by atoms with Gasteiger partial charge in [-0.25, -0.2) is 4.52 Å². The molecule has 0 aliphatic carbocycles. The molecule has 1 unspecified atom stereocenters. The van der Waals surface area contributed by atoms with Crippen LogP contribution >= 0.6 is 0 Å². The Morgan fingerprint density at radius 1 is 1.45 bits per heavy atom. The van der Waals surface area contributed by atoms with Gasteiger partial charge in [0.05, 0.1) is 4.92 Å². The number of fused-ring (bicyclic) bond motifs is 1. The minimum absolute atomic E-state index is 0.102. The zero-order valence-corrected chi connectivity index (χ0v) is 11.6. The molecule has 0 saturated carbocycles. The molecular formula is C13H17N5O2. The van der Waals surface area contributed by atoms with Crippen LogP contribution < -0.4 is 4.90 Å². The molecule has 0 amide bonds. The van der Waals surface area contributed by atoms with E-state index >= 15 is 0 Å². The van der Waals surface area contributed by atoms with Crippen molar-refractivity contribution in [1.82, 2.24) is 14.5 Å². The van der Waals surface area contributed by atoms with E-state index in [-0.39, 0.29) is 10.6 Å². The van der Waals surface area contributed by atoms with Gasteiger partial charge >= 0.3 is 5.69 Å². The molecule has 1 aliphatic heterocycles. The lowest BCUT2D eigenvalue weighted by molar-refractivity contribution is -0.382. The van der Waals surface area contributed by atoms with Crippen LogP contribution in [0.2, 0.25) is 0 Å². The van der Waals surface area contributed by atoms with Gasteiger partial charge in [-0.15, -0.1) is 5.10 Å². The molecule has 0 aromatic carbocycles. The lowest BCUT2D eigenvalue weighted by Gasteiger charge is -2.19. The van der Waals surface area contributed by atoms with Gasteiger partial charge in [0.2, 0.25) is 5.82 Å². The number of pyridine rings is 1. The third kappa shape index (κ3) is 2.00. The van der Waals surface area contributed by atoms with E-state index in [0.717, 1.165) is 19.5 Å². The first kappa shape index (κ1) is 12.9. The average Bonchev–Trinajstić information content (AvgIpc) is 3.02. The van der Waals surface area contributed by atoms with Gasteiger partial charge in [0.25, 0.3) is 0 Å². The number of nitrogens with zero attached hydrogens (tertiary/aromatic N) is 5. The zero-order valence-electron chi connectivity index (χ0n) is 11.6. The maximum absolute atomic E-state index is 11.4. The number of hydrogen-bond acceptors (Lipinski definition) is 5. The molecule has 7 nitrogen and oxygen atoms in total. The summed E-state index contributed by atoms with van der Waals surface area (Å²) in [6.07, 6.45) is 2.74. The largest absolute Gasteiger partial charge is 0.348 e. The highest BCUT2D eigenvalue weighted by Crippen LogP contribution is 2.33. The minimum Gasteiger partial charge on any atom is -0.348 e. The van der Waals surface area contributed by atoms with Crippen molar-refractivity contribution in [2.75, 3.05) is 32.1 Å². The fourth-order valence-electron chi connectivity index (χ4n) is 2.72. The van der Waals surface area contributed by atoms with Gasteiger partial charge in [0.15, 0.2) is 0 Å². The highest BCUT2D eigenvalue weighted by atomic mass is 16.6. The van der Waals surface area contributed by atoms with Gasteiger partial charge in [0.1, 0.15) is 5.52 Å². The van der Waals surface area contributed by atoms with Crippen LogP contribution in [0.1, 0.15) is 6.42 Å². The van der Waals surface area contributed by atoms with Crippen molar-refractivity contribution in [2.24, 2.45) is 0 Å². The minimum atomic E-state index is -0.333. The van der Waals surface area contributed by atoms with Gasteiger partial charge in [-0.3, -0.25) is 10.1 Å². The van der Waals surface area contributed by atoms with E-state index in [9.17, 15) is 10.1 Å². The second-order valence-electron chi connectivity index (χ2n) is 5.31. The van der Waals surface area contributed by atoms with E-state index in [1.807, 2.05) is 25.1 Å². The Labute approximate surface area is 116 Å². The standard InChI is InChI=1S/C13H17N5O2/c1-15(2)10-6-8-16(9-10)13-12(18(19)20)11-5-3-4-7-17(11)14-13/h3-5,7,10H,6,8-9H2,1-2H3. The Hall–Kier alpha value is -2.15. The Morgan fingerprint density at radius 2 is 2.25 bits per heavy atom. The molecule has 1 aliphatic rings. The molecule has 106 valence electrons. The predicted octanol–water partition coefficient (Wildman–Crippen LogP) is 1.38. The van der Waals surface area contributed by atoms with Crippen molar-refractivity contribution in [1.29, 1.82) is 0 Å². The monoisotopic (exact) mass is 275 g/mol. The lowest BCUT2D eigenvalue weighted by atomic mass is 10.2. The molecule has 2 aromatic heterocycles. The van der Waals surface area contributed by atoms with E-state index in [4.69, 9.17) is 0 Å². The molecule has 0 spiro atoms. The topological polar surface area (TPSA) is 66.9 Å². The van der Waals surface area contributed by atoms with Crippen molar-refractivity contribution in [3.05, 3.63) is 34.5 Å². The van der Waals surface area contributed by atoms with Crippen molar-refractivity contribution in [2.45, 2.75) is 12.5 Å². The van der Waals surface area contributed by atoms with E-state index in [1.54, 1.807) is 22.8 Å². The zero-order chi connectivity index (χ0) is 14.3. The molecule has 0 N–H and O–H groups in total. The number of anilines is 1. The van der Waals surface area contributed by atoms with E-state index in [0.29, 0.717) is 17.4 Å². The fourth-order valence-corrected chi connectivity index (χ4v) is 2.72. The summed E-state index contributed by atoms with van der Waals surface area (Å²) in [4.78, 5) is 15.2. The summed E-state index contributed by atoms with van der Waals surface area (Å²) >= 11 is 0. The van der Waals surface area contributed by atoms with E-state index < -0.39 is 0 Å². The number of nitro groups is 1. The molecule has 1 saturated heterocycles. The Morgan fingerprint density at radius 3 is 2.90 bits per heavy atom. The second-order valence-corrected chi connectivity index (χ2v) is 5.31. The number of aromatic nitrogens is 2. The van der Waals surface area contributed by atoms with Gasteiger partial charge in [-0.05, 0) is 32.6 Å². The summed E-state index contributed by atoms with van der Waals surface area (Å²) in [7, 11) is 4.07. The van der Waals surface area contributed by atoms with E-state index in [2.05, 4.69) is 10.00 Å². The third-order valence-electron chi connectivity index (χ3n) is 3.87. The Balaban J connectivity index is 2.03. The van der Waals surface area contributed by atoms with Gasteiger partial charge in [-0.1, -0.05) is 6.07 Å². The van der Waals surface area contributed by atoms with Gasteiger partial charge in [-0.2, -0.15) is 0 Å².